The van der Waals surface area contributed by atoms with Gasteiger partial charge in [-0.15, -0.1) is 0 Å². The number of nitrogens with two attached hydrogens (primary N) is 1. The van der Waals surface area contributed by atoms with Gasteiger partial charge in [0.1, 0.15) is 11.2 Å². The SMILES string of the molecule is Cc1ccc2[nH]c3c(-c4cccc(Cl)c4)nc(N)nc3c2c1. The molecule has 5 heteroatoms. The summed E-state index contributed by atoms with van der Waals surface area (Å²) in [5.74, 6) is 0.255. The van der Waals surface area contributed by atoms with Crippen molar-refractivity contribution in [2.24, 2.45) is 0 Å². The van der Waals surface area contributed by atoms with E-state index in [1.165, 1.54) is 5.56 Å². The van der Waals surface area contributed by atoms with E-state index in [1.54, 1.807) is 0 Å². The molecule has 0 saturated carbocycles. The number of nitrogen functional groups attached to an aromatic ring is 1. The Hall–Kier alpha value is -2.59. The van der Waals surface area contributed by atoms with Crippen LogP contribution >= 0.6 is 11.6 Å². The van der Waals surface area contributed by atoms with E-state index in [1.807, 2.05) is 30.3 Å². The maximum Gasteiger partial charge on any atom is 0.221 e. The van der Waals surface area contributed by atoms with Crippen LogP contribution < -0.4 is 5.73 Å². The molecule has 0 aliphatic rings. The summed E-state index contributed by atoms with van der Waals surface area (Å²) in [5, 5.41) is 1.71. The van der Waals surface area contributed by atoms with Crippen LogP contribution in [0.1, 0.15) is 5.56 Å². The fraction of sp³-hybridized carbons (Fsp3) is 0.0588. The third-order valence-electron chi connectivity index (χ3n) is 3.71. The second-order valence-electron chi connectivity index (χ2n) is 5.34. The summed E-state index contributed by atoms with van der Waals surface area (Å²) in [5.41, 5.74) is 11.5. The molecule has 0 unspecified atom stereocenters. The molecule has 0 bridgehead atoms. The Kier molecular flexibility index (Phi) is 2.81. The third-order valence-corrected chi connectivity index (χ3v) is 3.95. The predicted molar refractivity (Wildman–Crippen MR) is 91.0 cm³/mol. The average Bonchev–Trinajstić information content (AvgIpc) is 2.84. The standard InChI is InChI=1S/C17H13ClN4/c1-9-5-6-13-12(7-9)15-16(20-13)14(21-17(19)22-15)10-3-2-4-11(18)8-10/h2-8,20H,1H3,(H2,19,21,22). The minimum Gasteiger partial charge on any atom is -0.368 e. The number of H-pyrrole nitrogens is 1. The van der Waals surface area contributed by atoms with E-state index in [0.717, 1.165) is 33.2 Å². The summed E-state index contributed by atoms with van der Waals surface area (Å²) < 4.78 is 0. The molecule has 2 aromatic heterocycles. The summed E-state index contributed by atoms with van der Waals surface area (Å²) in [4.78, 5) is 12.2. The van der Waals surface area contributed by atoms with Gasteiger partial charge in [0.05, 0.1) is 5.52 Å². The minimum atomic E-state index is 0.255. The fourth-order valence-corrected chi connectivity index (χ4v) is 2.92. The Balaban J connectivity index is 2.13. The highest BCUT2D eigenvalue weighted by atomic mass is 35.5. The molecule has 22 heavy (non-hydrogen) atoms. The van der Waals surface area contributed by atoms with Crippen molar-refractivity contribution in [1.29, 1.82) is 0 Å². The van der Waals surface area contributed by atoms with E-state index in [0.29, 0.717) is 5.02 Å². The number of fused-ring (bicyclic) bond motifs is 3. The zero-order chi connectivity index (χ0) is 15.3. The molecule has 0 radical (unpaired) electrons. The Morgan fingerprint density at radius 2 is 1.95 bits per heavy atom. The first kappa shape index (κ1) is 13.1. The number of aromatic nitrogens is 3. The van der Waals surface area contributed by atoms with Gasteiger partial charge in [-0.1, -0.05) is 35.4 Å². The molecular weight excluding hydrogens is 296 g/mol. The number of nitrogens with one attached hydrogen (secondary N) is 1. The van der Waals surface area contributed by atoms with Crippen LogP contribution in [0.4, 0.5) is 5.95 Å². The smallest absolute Gasteiger partial charge is 0.221 e. The van der Waals surface area contributed by atoms with Crippen molar-refractivity contribution in [2.45, 2.75) is 6.92 Å². The van der Waals surface area contributed by atoms with Crippen LogP contribution in [-0.4, -0.2) is 15.0 Å². The van der Waals surface area contributed by atoms with E-state index < -0.39 is 0 Å². The van der Waals surface area contributed by atoms with Crippen LogP contribution in [0.25, 0.3) is 33.2 Å². The summed E-state index contributed by atoms with van der Waals surface area (Å²) in [6.07, 6.45) is 0. The van der Waals surface area contributed by atoms with Gasteiger partial charge in [0.2, 0.25) is 5.95 Å². The van der Waals surface area contributed by atoms with Crippen molar-refractivity contribution in [3.63, 3.8) is 0 Å². The van der Waals surface area contributed by atoms with Gasteiger partial charge in [0.25, 0.3) is 0 Å². The number of halogens is 1. The van der Waals surface area contributed by atoms with Gasteiger partial charge in [-0.25, -0.2) is 9.97 Å². The lowest BCUT2D eigenvalue weighted by Gasteiger charge is -2.04. The van der Waals surface area contributed by atoms with E-state index >= 15 is 0 Å². The van der Waals surface area contributed by atoms with Crippen LogP contribution in [-0.2, 0) is 0 Å². The van der Waals surface area contributed by atoms with Gasteiger partial charge in [0.15, 0.2) is 0 Å². The Morgan fingerprint density at radius 3 is 2.77 bits per heavy atom. The molecule has 0 fully saturated rings. The minimum absolute atomic E-state index is 0.255. The van der Waals surface area contributed by atoms with Gasteiger partial charge < -0.3 is 10.7 Å². The number of aryl methyl sites for hydroxylation is 1. The molecule has 4 nitrogen and oxygen atoms in total. The molecule has 0 atom stereocenters. The Labute approximate surface area is 132 Å². The number of aromatic amines is 1. The number of anilines is 1. The maximum atomic E-state index is 6.10. The van der Waals surface area contributed by atoms with E-state index in [-0.39, 0.29) is 5.95 Å². The number of benzene rings is 2. The first-order valence-corrected chi connectivity index (χ1v) is 7.31. The third kappa shape index (κ3) is 2.00. The van der Waals surface area contributed by atoms with Crippen LogP contribution in [0.15, 0.2) is 42.5 Å². The molecule has 2 aromatic carbocycles. The number of hydrogen-bond acceptors (Lipinski definition) is 3. The highest BCUT2D eigenvalue weighted by Crippen LogP contribution is 2.32. The van der Waals surface area contributed by atoms with E-state index in [9.17, 15) is 0 Å². The lowest BCUT2D eigenvalue weighted by molar-refractivity contribution is 1.24. The lowest BCUT2D eigenvalue weighted by atomic mass is 10.1. The molecular formula is C17H13ClN4. The summed E-state index contributed by atoms with van der Waals surface area (Å²) >= 11 is 6.10. The van der Waals surface area contributed by atoms with Crippen LogP contribution in [0, 0.1) is 6.92 Å². The summed E-state index contributed by atoms with van der Waals surface area (Å²) in [6.45, 7) is 2.06. The molecule has 0 amide bonds. The van der Waals surface area contributed by atoms with Crippen molar-refractivity contribution in [3.8, 4) is 11.3 Å². The van der Waals surface area contributed by atoms with Crippen molar-refractivity contribution in [3.05, 3.63) is 53.1 Å². The summed E-state index contributed by atoms with van der Waals surface area (Å²) in [6, 6.07) is 13.8. The van der Waals surface area contributed by atoms with Gasteiger partial charge in [-0.3, -0.25) is 0 Å². The molecule has 0 spiro atoms. The quantitative estimate of drug-likeness (QED) is 0.550. The fourth-order valence-electron chi connectivity index (χ4n) is 2.73. The van der Waals surface area contributed by atoms with Gasteiger partial charge in [-0.05, 0) is 31.2 Å². The van der Waals surface area contributed by atoms with Crippen molar-refractivity contribution < 1.29 is 0 Å². The van der Waals surface area contributed by atoms with Crippen molar-refractivity contribution in [1.82, 2.24) is 15.0 Å². The first-order chi connectivity index (χ1) is 10.6. The zero-order valence-electron chi connectivity index (χ0n) is 11.9. The molecule has 0 saturated heterocycles. The normalized spacial score (nSPS) is 11.4. The predicted octanol–water partition coefficient (Wildman–Crippen LogP) is 4.32. The van der Waals surface area contributed by atoms with Crippen molar-refractivity contribution >= 4 is 39.5 Å². The first-order valence-electron chi connectivity index (χ1n) is 6.93. The number of rotatable bonds is 1. The van der Waals surface area contributed by atoms with Gasteiger partial charge in [0, 0.05) is 21.5 Å². The largest absolute Gasteiger partial charge is 0.368 e. The lowest BCUT2D eigenvalue weighted by Crippen LogP contribution is -1.97. The highest BCUT2D eigenvalue weighted by molar-refractivity contribution is 6.30. The Morgan fingerprint density at radius 1 is 1.09 bits per heavy atom. The monoisotopic (exact) mass is 308 g/mol. The van der Waals surface area contributed by atoms with Crippen LogP contribution in [0.3, 0.4) is 0 Å². The maximum absolute atomic E-state index is 6.10. The van der Waals surface area contributed by atoms with E-state index in [2.05, 4.69) is 34.0 Å². The van der Waals surface area contributed by atoms with Crippen molar-refractivity contribution in [2.75, 3.05) is 5.73 Å². The average molecular weight is 309 g/mol. The molecule has 108 valence electrons. The van der Waals surface area contributed by atoms with Gasteiger partial charge >= 0.3 is 0 Å². The molecule has 0 aliphatic carbocycles. The summed E-state index contributed by atoms with van der Waals surface area (Å²) in [7, 11) is 0. The number of hydrogen-bond donors (Lipinski definition) is 2. The molecule has 2 heterocycles. The second-order valence-corrected chi connectivity index (χ2v) is 5.77. The topological polar surface area (TPSA) is 67.6 Å². The second kappa shape index (κ2) is 4.71. The van der Waals surface area contributed by atoms with Gasteiger partial charge in [-0.2, -0.15) is 0 Å². The highest BCUT2D eigenvalue weighted by Gasteiger charge is 2.14. The zero-order valence-corrected chi connectivity index (χ0v) is 12.6. The van der Waals surface area contributed by atoms with E-state index in [4.69, 9.17) is 17.3 Å². The van der Waals surface area contributed by atoms with Crippen LogP contribution in [0.2, 0.25) is 5.02 Å². The Bertz CT molecular complexity index is 1020. The molecule has 4 aromatic rings. The number of nitrogens with zero attached hydrogens (tertiary/aromatic N) is 2. The molecule has 0 aliphatic heterocycles. The molecule has 3 N–H and O–H groups in total. The molecule has 4 rings (SSSR count). The van der Waals surface area contributed by atoms with Crippen LogP contribution in [0.5, 0.6) is 0 Å².